The maximum atomic E-state index is 6.51. The molecule has 0 amide bonds. The molecule has 2 aliphatic rings. The lowest BCUT2D eigenvalue weighted by molar-refractivity contribution is 0.227. The number of aromatic nitrogens is 1. The smallest absolute Gasteiger partial charge is 0.128 e. The van der Waals surface area contributed by atoms with E-state index in [1.165, 1.54) is 76.9 Å². The predicted molar refractivity (Wildman–Crippen MR) is 192 cm³/mol. The zero-order chi connectivity index (χ0) is 30.2. The molecule has 2 atom stereocenters. The lowest BCUT2D eigenvalue weighted by atomic mass is 9.83. The molecular formula is C44H29NO. The number of hydrogen-bond acceptors (Lipinski definition) is 1. The summed E-state index contributed by atoms with van der Waals surface area (Å²) in [7, 11) is 0. The maximum Gasteiger partial charge on any atom is 0.128 e. The average Bonchev–Trinajstić information content (AvgIpc) is 3.47. The maximum absolute atomic E-state index is 6.51. The summed E-state index contributed by atoms with van der Waals surface area (Å²) in [5.74, 6) is 1.21. The molecule has 2 heterocycles. The van der Waals surface area contributed by atoms with Gasteiger partial charge in [-0.1, -0.05) is 121 Å². The number of nitrogens with zero attached hydrogens (tertiary/aromatic N) is 1. The minimum absolute atomic E-state index is 0.0494. The predicted octanol–water partition coefficient (Wildman–Crippen LogP) is 11.4. The lowest BCUT2D eigenvalue weighted by Crippen LogP contribution is -2.27. The molecule has 1 aliphatic heterocycles. The number of rotatable bonds is 3. The highest BCUT2D eigenvalue weighted by atomic mass is 16.5. The van der Waals surface area contributed by atoms with Gasteiger partial charge in [-0.2, -0.15) is 0 Å². The molecule has 2 nitrogen and oxygen atoms in total. The molecule has 0 saturated carbocycles. The van der Waals surface area contributed by atoms with Crippen LogP contribution in [-0.2, 0) is 0 Å². The van der Waals surface area contributed by atoms with E-state index in [-0.39, 0.29) is 12.0 Å². The molecule has 2 unspecified atom stereocenters. The Kier molecular flexibility index (Phi) is 5.44. The Bertz CT molecular complexity index is 2570. The first-order chi connectivity index (χ1) is 22.8. The summed E-state index contributed by atoms with van der Waals surface area (Å²) in [6, 6.07) is 50.9. The Labute approximate surface area is 267 Å². The molecular weight excluding hydrogens is 558 g/mol. The molecule has 2 heteroatoms. The van der Waals surface area contributed by atoms with Crippen LogP contribution in [0.4, 0.5) is 0 Å². The average molecular weight is 588 g/mol. The zero-order valence-corrected chi connectivity index (χ0v) is 25.1. The minimum Gasteiger partial charge on any atom is -0.485 e. The second-order valence-corrected chi connectivity index (χ2v) is 12.4. The summed E-state index contributed by atoms with van der Waals surface area (Å²) in [4.78, 5) is 0. The van der Waals surface area contributed by atoms with Crippen molar-refractivity contribution < 1.29 is 4.74 Å². The van der Waals surface area contributed by atoms with E-state index >= 15 is 0 Å². The van der Waals surface area contributed by atoms with Crippen LogP contribution in [0.25, 0.3) is 71.3 Å². The monoisotopic (exact) mass is 587 g/mol. The van der Waals surface area contributed by atoms with Gasteiger partial charge in [-0.05, 0) is 86.5 Å². The van der Waals surface area contributed by atoms with Crippen LogP contribution in [0.5, 0.6) is 5.75 Å². The van der Waals surface area contributed by atoms with Gasteiger partial charge in [0.15, 0.2) is 0 Å². The summed E-state index contributed by atoms with van der Waals surface area (Å²) in [6.07, 6.45) is 8.72. The van der Waals surface area contributed by atoms with Crippen LogP contribution >= 0.6 is 0 Å². The standard InChI is InChI=1S/C44H29NO/c1-2-14-31(15-3-1)45-38-21-6-4-17-37(38)44-39(45)25-23-28-11-9-18-33(42(28)44)30-13-8-12-29(27-30)32-24-26-41-43-35(32)19-10-20-36(43)34-16-5-7-22-40(34)46-41/h1-27,34,40H. The van der Waals surface area contributed by atoms with Crippen LogP contribution in [0.2, 0.25) is 0 Å². The van der Waals surface area contributed by atoms with Gasteiger partial charge in [-0.3, -0.25) is 0 Å². The SMILES string of the molecule is C1=CC2Oc3ccc(-c4cccc(-c5cccc6ccc7c(c8ccccc8n7-c7ccccc7)c56)c4)c4cccc(c34)C2C=C1. The third-order valence-corrected chi connectivity index (χ3v) is 9.92. The summed E-state index contributed by atoms with van der Waals surface area (Å²) >= 11 is 0. The van der Waals surface area contributed by atoms with E-state index in [0.29, 0.717) is 0 Å². The second kappa shape index (κ2) is 9.82. The number of benzene rings is 7. The fourth-order valence-electron chi connectivity index (χ4n) is 7.94. The fourth-order valence-corrected chi connectivity index (χ4v) is 7.94. The topological polar surface area (TPSA) is 14.2 Å². The number of ether oxygens (including phenoxy) is 1. The molecule has 0 radical (unpaired) electrons. The Morgan fingerprint density at radius 1 is 0.500 bits per heavy atom. The molecule has 0 bridgehead atoms. The molecule has 216 valence electrons. The van der Waals surface area contributed by atoms with E-state index in [0.717, 1.165) is 5.75 Å². The third kappa shape index (κ3) is 3.64. The summed E-state index contributed by atoms with van der Waals surface area (Å²) in [5.41, 5.74) is 9.84. The first kappa shape index (κ1) is 25.5. The van der Waals surface area contributed by atoms with Crippen LogP contribution in [-0.4, -0.2) is 10.7 Å². The van der Waals surface area contributed by atoms with Crippen molar-refractivity contribution in [2.45, 2.75) is 12.0 Å². The van der Waals surface area contributed by atoms with Crippen molar-refractivity contribution in [3.8, 4) is 33.7 Å². The van der Waals surface area contributed by atoms with Crippen molar-refractivity contribution >= 4 is 43.4 Å². The fraction of sp³-hybridized carbons (Fsp3) is 0.0455. The molecule has 46 heavy (non-hydrogen) atoms. The first-order valence-corrected chi connectivity index (χ1v) is 16.0. The Balaban J connectivity index is 1.20. The van der Waals surface area contributed by atoms with E-state index in [9.17, 15) is 0 Å². The normalized spacial score (nSPS) is 16.7. The highest BCUT2D eigenvalue weighted by molar-refractivity contribution is 6.25. The van der Waals surface area contributed by atoms with Crippen molar-refractivity contribution in [3.05, 3.63) is 169 Å². The van der Waals surface area contributed by atoms with Gasteiger partial charge in [-0.15, -0.1) is 0 Å². The molecule has 1 aromatic heterocycles. The van der Waals surface area contributed by atoms with Gasteiger partial charge in [0.25, 0.3) is 0 Å². The van der Waals surface area contributed by atoms with Crippen LogP contribution in [0.15, 0.2) is 164 Å². The van der Waals surface area contributed by atoms with E-state index in [4.69, 9.17) is 4.74 Å². The molecule has 1 aliphatic carbocycles. The Hall–Kier alpha value is -5.86. The van der Waals surface area contributed by atoms with Crippen LogP contribution in [0, 0.1) is 0 Å². The van der Waals surface area contributed by atoms with Gasteiger partial charge in [-0.25, -0.2) is 0 Å². The summed E-state index contributed by atoms with van der Waals surface area (Å²) < 4.78 is 8.91. The summed E-state index contributed by atoms with van der Waals surface area (Å²) in [5, 5.41) is 7.56. The van der Waals surface area contributed by atoms with E-state index < -0.39 is 0 Å². The molecule has 0 saturated heterocycles. The first-order valence-electron chi connectivity index (χ1n) is 16.0. The van der Waals surface area contributed by atoms with Gasteiger partial charge >= 0.3 is 0 Å². The molecule has 0 fully saturated rings. The van der Waals surface area contributed by atoms with Crippen molar-refractivity contribution in [2.24, 2.45) is 0 Å². The van der Waals surface area contributed by atoms with Gasteiger partial charge in [0.1, 0.15) is 11.9 Å². The van der Waals surface area contributed by atoms with Gasteiger partial charge in [0, 0.05) is 27.8 Å². The zero-order valence-electron chi connectivity index (χ0n) is 25.1. The Morgan fingerprint density at radius 3 is 2.22 bits per heavy atom. The minimum atomic E-state index is 0.0494. The van der Waals surface area contributed by atoms with Gasteiger partial charge in [0.05, 0.1) is 11.0 Å². The third-order valence-electron chi connectivity index (χ3n) is 9.92. The van der Waals surface area contributed by atoms with E-state index in [1.54, 1.807) is 0 Å². The molecule has 7 aromatic carbocycles. The van der Waals surface area contributed by atoms with E-state index in [1.807, 2.05) is 0 Å². The largest absolute Gasteiger partial charge is 0.485 e. The number of para-hydroxylation sites is 2. The van der Waals surface area contributed by atoms with Crippen LogP contribution in [0.1, 0.15) is 11.5 Å². The van der Waals surface area contributed by atoms with Crippen LogP contribution in [0.3, 0.4) is 0 Å². The van der Waals surface area contributed by atoms with E-state index in [2.05, 4.69) is 168 Å². The van der Waals surface area contributed by atoms with Crippen molar-refractivity contribution in [1.82, 2.24) is 4.57 Å². The molecule has 8 aromatic rings. The highest BCUT2D eigenvalue weighted by Gasteiger charge is 2.30. The van der Waals surface area contributed by atoms with Crippen molar-refractivity contribution in [2.75, 3.05) is 0 Å². The second-order valence-electron chi connectivity index (χ2n) is 12.4. The lowest BCUT2D eigenvalue weighted by Gasteiger charge is -2.32. The van der Waals surface area contributed by atoms with Crippen LogP contribution < -0.4 is 4.74 Å². The summed E-state index contributed by atoms with van der Waals surface area (Å²) in [6.45, 7) is 0. The number of fused-ring (bicyclic) bond motifs is 7. The number of allylic oxidation sites excluding steroid dienone is 2. The molecule has 0 spiro atoms. The number of hydrogen-bond donors (Lipinski definition) is 0. The molecule has 0 N–H and O–H groups in total. The quantitative estimate of drug-likeness (QED) is 0.201. The van der Waals surface area contributed by atoms with Crippen molar-refractivity contribution in [3.63, 3.8) is 0 Å². The van der Waals surface area contributed by atoms with Gasteiger partial charge < -0.3 is 9.30 Å². The highest BCUT2D eigenvalue weighted by Crippen LogP contribution is 2.46. The Morgan fingerprint density at radius 2 is 1.28 bits per heavy atom. The van der Waals surface area contributed by atoms with Crippen molar-refractivity contribution in [1.29, 1.82) is 0 Å². The molecule has 10 rings (SSSR count). The van der Waals surface area contributed by atoms with Gasteiger partial charge in [0.2, 0.25) is 0 Å².